The maximum Gasteiger partial charge on any atom is 0.0952 e. The SMILES string of the molecule is CC(CCNCC1OCCc2ccccc21)S(C)=O. The van der Waals surface area contributed by atoms with Crippen LogP contribution in [0, 0.1) is 0 Å². The van der Waals surface area contributed by atoms with Gasteiger partial charge in [-0.25, -0.2) is 0 Å². The zero-order valence-electron chi connectivity index (χ0n) is 11.7. The lowest BCUT2D eigenvalue weighted by Crippen LogP contribution is -2.29. The summed E-state index contributed by atoms with van der Waals surface area (Å²) in [4.78, 5) is 0. The van der Waals surface area contributed by atoms with Gasteiger partial charge in [0, 0.05) is 28.9 Å². The van der Waals surface area contributed by atoms with Gasteiger partial charge in [-0.3, -0.25) is 4.21 Å². The van der Waals surface area contributed by atoms with Crippen LogP contribution in [0.5, 0.6) is 0 Å². The molecule has 0 amide bonds. The van der Waals surface area contributed by atoms with Gasteiger partial charge in [0.15, 0.2) is 0 Å². The van der Waals surface area contributed by atoms with Gasteiger partial charge in [-0.1, -0.05) is 31.2 Å². The first-order valence-corrected chi connectivity index (χ1v) is 8.53. The Morgan fingerprint density at radius 3 is 3.05 bits per heavy atom. The van der Waals surface area contributed by atoms with Crippen LogP contribution in [0.1, 0.15) is 30.6 Å². The zero-order valence-corrected chi connectivity index (χ0v) is 12.5. The Labute approximate surface area is 118 Å². The quantitative estimate of drug-likeness (QED) is 0.811. The van der Waals surface area contributed by atoms with E-state index in [0.717, 1.165) is 32.5 Å². The largest absolute Gasteiger partial charge is 0.372 e. The Hall–Kier alpha value is -0.710. The van der Waals surface area contributed by atoms with Crippen LogP contribution in [0.15, 0.2) is 24.3 Å². The van der Waals surface area contributed by atoms with E-state index >= 15 is 0 Å². The lowest BCUT2D eigenvalue weighted by atomic mass is 9.97. The van der Waals surface area contributed by atoms with Crippen LogP contribution in [-0.2, 0) is 22.0 Å². The average Bonchev–Trinajstić information content (AvgIpc) is 2.43. The molecule has 0 bridgehead atoms. The number of benzene rings is 1. The molecule has 2 rings (SSSR count). The molecule has 3 nitrogen and oxygen atoms in total. The van der Waals surface area contributed by atoms with Gasteiger partial charge in [-0.15, -0.1) is 0 Å². The summed E-state index contributed by atoms with van der Waals surface area (Å²) in [5.74, 6) is 0. The molecule has 0 aliphatic carbocycles. The summed E-state index contributed by atoms with van der Waals surface area (Å²) in [5.41, 5.74) is 2.72. The van der Waals surface area contributed by atoms with Crippen molar-refractivity contribution >= 4 is 10.8 Å². The third-order valence-corrected chi connectivity index (χ3v) is 5.09. The topological polar surface area (TPSA) is 38.3 Å². The molecule has 1 heterocycles. The molecule has 1 aliphatic rings. The summed E-state index contributed by atoms with van der Waals surface area (Å²) >= 11 is 0. The molecule has 1 aliphatic heterocycles. The number of hydrogen-bond acceptors (Lipinski definition) is 3. The number of ether oxygens (including phenoxy) is 1. The Morgan fingerprint density at radius 1 is 1.47 bits per heavy atom. The Morgan fingerprint density at radius 2 is 2.26 bits per heavy atom. The summed E-state index contributed by atoms with van der Waals surface area (Å²) < 4.78 is 17.1. The van der Waals surface area contributed by atoms with Crippen LogP contribution in [0.25, 0.3) is 0 Å². The van der Waals surface area contributed by atoms with Crippen molar-refractivity contribution in [2.75, 3.05) is 26.0 Å². The van der Waals surface area contributed by atoms with Gasteiger partial charge in [-0.05, 0) is 30.5 Å². The third kappa shape index (κ3) is 4.13. The lowest BCUT2D eigenvalue weighted by Gasteiger charge is -2.26. The minimum atomic E-state index is -0.726. The second-order valence-corrected chi connectivity index (χ2v) is 6.91. The second kappa shape index (κ2) is 7.17. The molecule has 3 atom stereocenters. The summed E-state index contributed by atoms with van der Waals surface area (Å²) in [6.07, 6.45) is 3.88. The van der Waals surface area contributed by atoms with E-state index in [1.807, 2.05) is 6.92 Å². The van der Waals surface area contributed by atoms with Crippen LogP contribution in [0.2, 0.25) is 0 Å². The van der Waals surface area contributed by atoms with Gasteiger partial charge in [-0.2, -0.15) is 0 Å². The van der Waals surface area contributed by atoms with Gasteiger partial charge < -0.3 is 10.1 Å². The van der Waals surface area contributed by atoms with Crippen LogP contribution >= 0.6 is 0 Å². The molecule has 0 fully saturated rings. The first-order chi connectivity index (χ1) is 9.18. The van der Waals surface area contributed by atoms with Gasteiger partial charge in [0.2, 0.25) is 0 Å². The van der Waals surface area contributed by atoms with Crippen molar-refractivity contribution < 1.29 is 8.95 Å². The van der Waals surface area contributed by atoms with Crippen molar-refractivity contribution in [1.29, 1.82) is 0 Å². The normalized spacial score (nSPS) is 21.7. The van der Waals surface area contributed by atoms with E-state index in [-0.39, 0.29) is 11.4 Å². The molecule has 4 heteroatoms. The lowest BCUT2D eigenvalue weighted by molar-refractivity contribution is 0.0426. The summed E-state index contributed by atoms with van der Waals surface area (Å²) in [7, 11) is -0.726. The molecule has 1 aromatic carbocycles. The Bertz CT molecular complexity index is 436. The fraction of sp³-hybridized carbons (Fsp3) is 0.600. The minimum Gasteiger partial charge on any atom is -0.372 e. The Balaban J connectivity index is 1.80. The fourth-order valence-corrected chi connectivity index (χ4v) is 2.80. The van der Waals surface area contributed by atoms with E-state index < -0.39 is 10.8 Å². The molecule has 0 saturated carbocycles. The summed E-state index contributed by atoms with van der Waals surface area (Å²) in [6, 6.07) is 8.51. The highest BCUT2D eigenvalue weighted by atomic mass is 32.2. The van der Waals surface area contributed by atoms with Crippen LogP contribution in [0.4, 0.5) is 0 Å². The van der Waals surface area contributed by atoms with Gasteiger partial charge in [0.1, 0.15) is 0 Å². The van der Waals surface area contributed by atoms with Crippen molar-refractivity contribution in [3.8, 4) is 0 Å². The third-order valence-electron chi connectivity index (χ3n) is 3.72. The molecule has 0 radical (unpaired) electrons. The molecular formula is C15H23NO2S. The van der Waals surface area contributed by atoms with E-state index in [2.05, 4.69) is 29.6 Å². The van der Waals surface area contributed by atoms with Gasteiger partial charge >= 0.3 is 0 Å². The maximum atomic E-state index is 11.3. The molecular weight excluding hydrogens is 258 g/mol. The molecule has 1 aromatic rings. The van der Waals surface area contributed by atoms with E-state index in [0.29, 0.717) is 0 Å². The number of fused-ring (bicyclic) bond motifs is 1. The number of hydrogen-bond donors (Lipinski definition) is 1. The number of nitrogens with one attached hydrogen (secondary N) is 1. The first kappa shape index (κ1) is 14.7. The van der Waals surface area contributed by atoms with Gasteiger partial charge in [0.25, 0.3) is 0 Å². The molecule has 0 saturated heterocycles. The van der Waals surface area contributed by atoms with Crippen LogP contribution in [-0.4, -0.2) is 35.4 Å². The predicted molar refractivity (Wildman–Crippen MR) is 79.9 cm³/mol. The van der Waals surface area contributed by atoms with Crippen molar-refractivity contribution in [1.82, 2.24) is 5.32 Å². The molecule has 3 unspecified atom stereocenters. The Kier molecular flexibility index (Phi) is 5.55. The standard InChI is InChI=1S/C15H23NO2S/c1-12(19(2)17)7-9-16-11-15-14-6-4-3-5-13(14)8-10-18-15/h3-6,12,15-16H,7-11H2,1-2H3. The van der Waals surface area contributed by atoms with Crippen LogP contribution in [0.3, 0.4) is 0 Å². The highest BCUT2D eigenvalue weighted by Crippen LogP contribution is 2.26. The first-order valence-electron chi connectivity index (χ1n) is 6.91. The maximum absolute atomic E-state index is 11.3. The molecule has 19 heavy (non-hydrogen) atoms. The van der Waals surface area contributed by atoms with Gasteiger partial charge in [0.05, 0.1) is 12.7 Å². The van der Waals surface area contributed by atoms with E-state index in [9.17, 15) is 4.21 Å². The zero-order chi connectivity index (χ0) is 13.7. The molecule has 0 spiro atoms. The highest BCUT2D eigenvalue weighted by molar-refractivity contribution is 7.84. The minimum absolute atomic E-state index is 0.160. The molecule has 1 N–H and O–H groups in total. The van der Waals surface area contributed by atoms with E-state index in [1.165, 1.54) is 11.1 Å². The van der Waals surface area contributed by atoms with Crippen LogP contribution < -0.4 is 5.32 Å². The van der Waals surface area contributed by atoms with Crippen molar-refractivity contribution in [2.45, 2.75) is 31.1 Å². The smallest absolute Gasteiger partial charge is 0.0952 e. The molecule has 106 valence electrons. The van der Waals surface area contributed by atoms with E-state index in [1.54, 1.807) is 6.26 Å². The monoisotopic (exact) mass is 281 g/mol. The van der Waals surface area contributed by atoms with Crippen molar-refractivity contribution in [3.05, 3.63) is 35.4 Å². The fourth-order valence-electron chi connectivity index (χ4n) is 2.35. The second-order valence-electron chi connectivity index (χ2n) is 5.11. The van der Waals surface area contributed by atoms with E-state index in [4.69, 9.17) is 4.74 Å². The average molecular weight is 281 g/mol. The molecule has 0 aromatic heterocycles. The summed E-state index contributed by atoms with van der Waals surface area (Å²) in [6.45, 7) is 4.56. The van der Waals surface area contributed by atoms with Crippen molar-refractivity contribution in [3.63, 3.8) is 0 Å². The summed E-state index contributed by atoms with van der Waals surface area (Å²) in [5, 5.41) is 3.68. The predicted octanol–water partition coefficient (Wildman–Crippen LogP) is 2.05. The number of rotatable bonds is 6. The van der Waals surface area contributed by atoms with Crippen molar-refractivity contribution in [2.24, 2.45) is 0 Å². The highest BCUT2D eigenvalue weighted by Gasteiger charge is 2.19.